The van der Waals surface area contributed by atoms with Gasteiger partial charge < -0.3 is 4.74 Å². The van der Waals surface area contributed by atoms with E-state index < -0.39 is 22.6 Å². The zero-order valence-electron chi connectivity index (χ0n) is 16.7. The molecule has 0 bridgehead atoms. The summed E-state index contributed by atoms with van der Waals surface area (Å²) in [6, 6.07) is 0. The van der Waals surface area contributed by atoms with Gasteiger partial charge in [0.2, 0.25) is 0 Å². The standard InChI is InChI=1S/C21H27Br2F3O3/c1-18-7-6-14-12(13(18)3-4-16(18)27)9-15(22)20(23)10-11(5-8-19(14,20)2)29-17(28)21(24,25)26/h11-15H,3-10H2,1-2H3/t11?,12-,13-,14+,15?,18-,19+,20?/m0/s1. The molecule has 164 valence electrons. The van der Waals surface area contributed by atoms with Crippen LogP contribution in [0.2, 0.25) is 0 Å². The molecule has 0 N–H and O–H groups in total. The van der Waals surface area contributed by atoms with Crippen molar-refractivity contribution < 1.29 is 27.5 Å². The highest BCUT2D eigenvalue weighted by molar-refractivity contribution is 9.12. The summed E-state index contributed by atoms with van der Waals surface area (Å²) in [5.74, 6) is -0.451. The molecule has 0 aromatic heterocycles. The zero-order valence-corrected chi connectivity index (χ0v) is 19.8. The highest BCUT2D eigenvalue weighted by Gasteiger charge is 2.67. The zero-order chi connectivity index (χ0) is 21.4. The first kappa shape index (κ1) is 22.1. The summed E-state index contributed by atoms with van der Waals surface area (Å²) >= 11 is 7.80. The van der Waals surface area contributed by atoms with Crippen LogP contribution in [0.3, 0.4) is 0 Å². The number of carbonyl (C=O) groups excluding carboxylic acids is 2. The Morgan fingerprint density at radius 3 is 2.48 bits per heavy atom. The van der Waals surface area contributed by atoms with Gasteiger partial charge in [-0.3, -0.25) is 4.79 Å². The summed E-state index contributed by atoms with van der Waals surface area (Å²) in [6.07, 6.45) is 0.185. The van der Waals surface area contributed by atoms with E-state index in [2.05, 4.69) is 45.7 Å². The number of ketones is 1. The third-order valence-electron chi connectivity index (χ3n) is 8.91. The lowest BCUT2D eigenvalue weighted by Gasteiger charge is -2.65. The minimum atomic E-state index is -4.96. The molecule has 3 unspecified atom stereocenters. The molecule has 0 spiro atoms. The van der Waals surface area contributed by atoms with Crippen LogP contribution in [0.15, 0.2) is 0 Å². The lowest BCUT2D eigenvalue weighted by atomic mass is 9.45. The van der Waals surface area contributed by atoms with Crippen molar-refractivity contribution in [3.05, 3.63) is 0 Å². The van der Waals surface area contributed by atoms with Gasteiger partial charge in [-0.25, -0.2) is 4.79 Å². The van der Waals surface area contributed by atoms with Gasteiger partial charge in [-0.15, -0.1) is 0 Å². The molecule has 4 saturated carbocycles. The topological polar surface area (TPSA) is 43.4 Å². The number of hydrogen-bond acceptors (Lipinski definition) is 3. The molecule has 4 aliphatic rings. The molecular formula is C21H27Br2F3O3. The molecule has 0 aromatic rings. The predicted octanol–water partition coefficient (Wildman–Crippen LogP) is 5.96. The molecule has 0 radical (unpaired) electrons. The first-order valence-corrected chi connectivity index (χ1v) is 12.2. The van der Waals surface area contributed by atoms with E-state index in [0.717, 1.165) is 25.7 Å². The van der Waals surface area contributed by atoms with Crippen LogP contribution in [0, 0.1) is 28.6 Å². The molecule has 0 amide bonds. The number of ether oxygens (including phenoxy) is 1. The van der Waals surface area contributed by atoms with Crippen molar-refractivity contribution in [1.82, 2.24) is 0 Å². The van der Waals surface area contributed by atoms with Crippen LogP contribution in [-0.2, 0) is 14.3 Å². The average molecular weight is 544 g/mol. The fourth-order valence-electron chi connectivity index (χ4n) is 7.24. The molecule has 0 aromatic carbocycles. The molecule has 4 aliphatic carbocycles. The third kappa shape index (κ3) is 3.16. The number of rotatable bonds is 1. The van der Waals surface area contributed by atoms with Gasteiger partial charge in [0.15, 0.2) is 0 Å². The van der Waals surface area contributed by atoms with Gasteiger partial charge in [-0.2, -0.15) is 13.2 Å². The predicted molar refractivity (Wildman–Crippen MR) is 109 cm³/mol. The second-order valence-electron chi connectivity index (χ2n) is 10.0. The Morgan fingerprint density at radius 2 is 1.83 bits per heavy atom. The van der Waals surface area contributed by atoms with Crippen molar-refractivity contribution in [3.63, 3.8) is 0 Å². The lowest BCUT2D eigenvalue weighted by Crippen LogP contribution is -2.64. The van der Waals surface area contributed by atoms with E-state index in [4.69, 9.17) is 4.74 Å². The van der Waals surface area contributed by atoms with Crippen molar-refractivity contribution in [3.8, 4) is 0 Å². The van der Waals surface area contributed by atoms with Crippen molar-refractivity contribution in [2.24, 2.45) is 28.6 Å². The molecule has 0 aliphatic heterocycles. The Bertz CT molecular complexity index is 728. The number of Topliss-reactive ketones (excluding diaryl/α,β-unsaturated/α-hetero) is 1. The molecule has 8 heteroatoms. The third-order valence-corrected chi connectivity index (χ3v) is 12.5. The SMILES string of the molecule is C[C@]12CC[C@@H]3[C@@H](CC(Br)C4(Br)CC(OC(=O)C(F)(F)F)CC[C@]34C)[C@@H]1CCC2=O. The van der Waals surface area contributed by atoms with Gasteiger partial charge in [-0.1, -0.05) is 45.7 Å². The van der Waals surface area contributed by atoms with Crippen molar-refractivity contribution >= 4 is 43.6 Å². The van der Waals surface area contributed by atoms with Crippen molar-refractivity contribution in [1.29, 1.82) is 0 Å². The minimum absolute atomic E-state index is 0.0479. The Balaban J connectivity index is 1.59. The number of halogens is 5. The number of alkyl halides is 5. The van der Waals surface area contributed by atoms with Gasteiger partial charge >= 0.3 is 12.1 Å². The molecule has 0 heterocycles. The van der Waals surface area contributed by atoms with Crippen LogP contribution in [0.25, 0.3) is 0 Å². The van der Waals surface area contributed by atoms with E-state index >= 15 is 0 Å². The molecule has 0 saturated heterocycles. The quantitative estimate of drug-likeness (QED) is 0.302. The van der Waals surface area contributed by atoms with Crippen LogP contribution in [-0.4, -0.2) is 33.2 Å². The van der Waals surface area contributed by atoms with Crippen molar-refractivity contribution in [2.45, 2.75) is 86.6 Å². The lowest BCUT2D eigenvalue weighted by molar-refractivity contribution is -0.209. The highest BCUT2D eigenvalue weighted by atomic mass is 79.9. The summed E-state index contributed by atoms with van der Waals surface area (Å²) in [6.45, 7) is 4.38. The van der Waals surface area contributed by atoms with E-state index in [1.54, 1.807) is 0 Å². The van der Waals surface area contributed by atoms with E-state index in [1.807, 2.05) is 0 Å². The maximum absolute atomic E-state index is 12.7. The molecule has 3 nitrogen and oxygen atoms in total. The highest BCUT2D eigenvalue weighted by Crippen LogP contribution is 2.69. The fraction of sp³-hybridized carbons (Fsp3) is 0.905. The van der Waals surface area contributed by atoms with E-state index in [1.165, 1.54) is 0 Å². The van der Waals surface area contributed by atoms with Crippen molar-refractivity contribution in [2.75, 3.05) is 0 Å². The monoisotopic (exact) mass is 542 g/mol. The molecular weight excluding hydrogens is 517 g/mol. The second-order valence-corrected chi connectivity index (χ2v) is 12.6. The maximum Gasteiger partial charge on any atom is 0.490 e. The Hall–Kier alpha value is -0.110. The number of fused-ring (bicyclic) bond motifs is 5. The minimum Gasteiger partial charge on any atom is -0.456 e. The maximum atomic E-state index is 12.7. The molecule has 8 atom stereocenters. The van der Waals surface area contributed by atoms with Crippen LogP contribution >= 0.6 is 31.9 Å². The first-order valence-electron chi connectivity index (χ1n) is 10.5. The second kappa shape index (κ2) is 6.94. The van der Waals surface area contributed by atoms with Gasteiger partial charge in [0, 0.05) is 27.4 Å². The van der Waals surface area contributed by atoms with Crippen LogP contribution in [0.1, 0.15) is 65.2 Å². The summed E-state index contributed by atoms with van der Waals surface area (Å²) in [5.41, 5.74) is -0.339. The van der Waals surface area contributed by atoms with Gasteiger partial charge in [0.1, 0.15) is 11.9 Å². The van der Waals surface area contributed by atoms with Gasteiger partial charge in [0.25, 0.3) is 0 Å². The summed E-state index contributed by atoms with van der Waals surface area (Å²) in [5, 5.41) is 0. The number of carbonyl (C=O) groups is 2. The normalized spacial score (nSPS) is 49.8. The Labute approximate surface area is 186 Å². The fourth-order valence-corrected chi connectivity index (χ4v) is 9.42. The smallest absolute Gasteiger partial charge is 0.456 e. The summed E-state index contributed by atoms with van der Waals surface area (Å²) in [4.78, 5) is 24.0. The molecule has 29 heavy (non-hydrogen) atoms. The van der Waals surface area contributed by atoms with Gasteiger partial charge in [-0.05, 0) is 61.7 Å². The largest absolute Gasteiger partial charge is 0.490 e. The Kier molecular flexibility index (Phi) is 5.29. The van der Waals surface area contributed by atoms with E-state index in [9.17, 15) is 22.8 Å². The van der Waals surface area contributed by atoms with Crippen LogP contribution in [0.4, 0.5) is 13.2 Å². The summed E-state index contributed by atoms with van der Waals surface area (Å²) < 4.78 is 42.4. The number of esters is 1. The first-order chi connectivity index (χ1) is 13.3. The van der Waals surface area contributed by atoms with Crippen LogP contribution in [0.5, 0.6) is 0 Å². The average Bonchev–Trinajstić information content (AvgIpc) is 2.92. The molecule has 4 fully saturated rings. The summed E-state index contributed by atoms with van der Waals surface area (Å²) in [7, 11) is 0. The van der Waals surface area contributed by atoms with Crippen LogP contribution < -0.4 is 0 Å². The van der Waals surface area contributed by atoms with E-state index in [0.29, 0.717) is 49.2 Å². The number of hydrogen-bond donors (Lipinski definition) is 0. The van der Waals surface area contributed by atoms with E-state index in [-0.39, 0.29) is 15.7 Å². The molecule has 4 rings (SSSR count). The Morgan fingerprint density at radius 1 is 1.14 bits per heavy atom. The van der Waals surface area contributed by atoms with Gasteiger partial charge in [0.05, 0.1) is 0 Å².